The zero-order valence-corrected chi connectivity index (χ0v) is 15.1. The van der Waals surface area contributed by atoms with Gasteiger partial charge in [0, 0.05) is 0 Å². The Morgan fingerprint density at radius 1 is 1.12 bits per heavy atom. The van der Waals surface area contributed by atoms with E-state index in [1.807, 2.05) is 6.92 Å². The first-order valence-electron chi connectivity index (χ1n) is 9.72. The molecule has 0 heterocycles. The molecule has 4 aliphatic rings. The van der Waals surface area contributed by atoms with E-state index in [0.29, 0.717) is 23.2 Å². The van der Waals surface area contributed by atoms with Gasteiger partial charge in [0.05, 0.1) is 5.41 Å². The van der Waals surface area contributed by atoms with E-state index in [1.165, 1.54) is 25.7 Å². The molecule has 0 radical (unpaired) electrons. The van der Waals surface area contributed by atoms with Crippen LogP contribution in [0.4, 0.5) is 0 Å². The lowest BCUT2D eigenvalue weighted by molar-refractivity contribution is -0.135. The molecule has 6 atom stereocenters. The first kappa shape index (κ1) is 16.2. The van der Waals surface area contributed by atoms with Crippen LogP contribution >= 0.6 is 0 Å². The van der Waals surface area contributed by atoms with Crippen LogP contribution in [0.1, 0.15) is 65.7 Å². The van der Waals surface area contributed by atoms with Gasteiger partial charge in [-0.1, -0.05) is 25.8 Å². The van der Waals surface area contributed by atoms with Crippen LogP contribution in [-0.4, -0.2) is 16.0 Å². The fourth-order valence-corrected chi connectivity index (χ4v) is 7.14. The number of aliphatic hydroxyl groups excluding tert-OH is 2. The van der Waals surface area contributed by atoms with Crippen LogP contribution in [-0.2, 0) is 4.79 Å². The Labute approximate surface area is 144 Å². The van der Waals surface area contributed by atoms with E-state index in [9.17, 15) is 15.0 Å². The molecular weight excluding hydrogens is 300 g/mol. The Bertz CT molecular complexity index is 645. The average molecular weight is 330 g/mol. The molecule has 3 saturated carbocycles. The molecule has 2 N–H and O–H groups in total. The summed E-state index contributed by atoms with van der Waals surface area (Å²) in [6, 6.07) is 0. The average Bonchev–Trinajstić information content (AvgIpc) is 2.91. The third-order valence-electron chi connectivity index (χ3n) is 8.52. The van der Waals surface area contributed by atoms with Crippen LogP contribution in [0.2, 0.25) is 0 Å². The summed E-state index contributed by atoms with van der Waals surface area (Å²) in [7, 11) is 0. The standard InChI is InChI=1S/C21H30O3/c1-4-12-6-8-15-14-7-5-13-11-17(22)18(23)19(24)21(13,3)16(14)9-10-20(12,15)2/h11-12,14-16,22-23H,4-10H2,1-3H3/t12-,14-,15-,16-,20+,21-/m0/s1. The van der Waals surface area contributed by atoms with Crippen molar-refractivity contribution in [2.24, 2.45) is 34.5 Å². The Morgan fingerprint density at radius 2 is 1.88 bits per heavy atom. The van der Waals surface area contributed by atoms with E-state index in [2.05, 4.69) is 13.8 Å². The lowest BCUT2D eigenvalue weighted by atomic mass is 9.47. The molecule has 0 amide bonds. The Morgan fingerprint density at radius 3 is 2.58 bits per heavy atom. The van der Waals surface area contributed by atoms with Crippen molar-refractivity contribution in [3.63, 3.8) is 0 Å². The zero-order valence-electron chi connectivity index (χ0n) is 15.1. The summed E-state index contributed by atoms with van der Waals surface area (Å²) in [5.41, 5.74) is 0.869. The van der Waals surface area contributed by atoms with Crippen molar-refractivity contribution in [2.45, 2.75) is 65.7 Å². The number of fused-ring (bicyclic) bond motifs is 5. The van der Waals surface area contributed by atoms with Gasteiger partial charge >= 0.3 is 0 Å². The van der Waals surface area contributed by atoms with Crippen LogP contribution < -0.4 is 0 Å². The van der Waals surface area contributed by atoms with Crippen molar-refractivity contribution < 1.29 is 15.0 Å². The van der Waals surface area contributed by atoms with Crippen LogP contribution in [0.3, 0.4) is 0 Å². The molecule has 0 aromatic rings. The molecule has 4 rings (SSSR count). The second-order valence-electron chi connectivity index (χ2n) is 9.08. The summed E-state index contributed by atoms with van der Waals surface area (Å²) in [6.07, 6.45) is 9.85. The number of hydrogen-bond acceptors (Lipinski definition) is 3. The molecule has 0 saturated heterocycles. The lowest BCUT2D eigenvalue weighted by Gasteiger charge is -2.57. The molecule has 3 nitrogen and oxygen atoms in total. The zero-order chi connectivity index (χ0) is 17.3. The highest BCUT2D eigenvalue weighted by Gasteiger charge is 2.61. The maximum absolute atomic E-state index is 12.9. The minimum atomic E-state index is -0.606. The topological polar surface area (TPSA) is 57.5 Å². The summed E-state index contributed by atoms with van der Waals surface area (Å²) in [5, 5.41) is 20.0. The van der Waals surface area contributed by atoms with Crippen LogP contribution in [0, 0.1) is 34.5 Å². The maximum Gasteiger partial charge on any atom is 0.211 e. The number of Topliss-reactive ketones (excluding diaryl/α,β-unsaturated/α-hetero) is 1. The second kappa shape index (κ2) is 5.12. The van der Waals surface area contributed by atoms with Crippen molar-refractivity contribution >= 4 is 5.78 Å². The molecule has 24 heavy (non-hydrogen) atoms. The molecular formula is C21H30O3. The smallest absolute Gasteiger partial charge is 0.211 e. The monoisotopic (exact) mass is 330 g/mol. The highest BCUT2D eigenvalue weighted by Crippen LogP contribution is 2.66. The molecule has 0 spiro atoms. The Kier molecular flexibility index (Phi) is 3.47. The number of allylic oxidation sites excluding steroid dienone is 3. The summed E-state index contributed by atoms with van der Waals surface area (Å²) < 4.78 is 0. The highest BCUT2D eigenvalue weighted by molar-refractivity contribution is 6.02. The van der Waals surface area contributed by atoms with Gasteiger partial charge in [-0.2, -0.15) is 0 Å². The van der Waals surface area contributed by atoms with Crippen molar-refractivity contribution in [3.8, 4) is 0 Å². The predicted molar refractivity (Wildman–Crippen MR) is 93.5 cm³/mol. The minimum Gasteiger partial charge on any atom is -0.504 e. The number of carbonyl (C=O) groups excluding carboxylic acids is 1. The van der Waals surface area contributed by atoms with Crippen LogP contribution in [0.5, 0.6) is 0 Å². The van der Waals surface area contributed by atoms with Crippen LogP contribution in [0.15, 0.2) is 23.2 Å². The summed E-state index contributed by atoms with van der Waals surface area (Å²) in [6.45, 7) is 6.84. The predicted octanol–water partition coefficient (Wildman–Crippen LogP) is 5.09. The fraction of sp³-hybridized carbons (Fsp3) is 0.762. The number of aliphatic hydroxyl groups is 2. The van der Waals surface area contributed by atoms with Crippen molar-refractivity contribution in [1.82, 2.24) is 0 Å². The van der Waals surface area contributed by atoms with Crippen molar-refractivity contribution in [3.05, 3.63) is 23.2 Å². The Balaban J connectivity index is 1.72. The highest BCUT2D eigenvalue weighted by atomic mass is 16.3. The molecule has 0 aromatic heterocycles. The van der Waals surface area contributed by atoms with E-state index in [4.69, 9.17) is 0 Å². The molecule has 4 aliphatic carbocycles. The third-order valence-corrected chi connectivity index (χ3v) is 8.52. The summed E-state index contributed by atoms with van der Waals surface area (Å²) >= 11 is 0. The second-order valence-corrected chi connectivity index (χ2v) is 9.08. The summed E-state index contributed by atoms with van der Waals surface area (Å²) in [4.78, 5) is 12.9. The van der Waals surface area contributed by atoms with Crippen LogP contribution in [0.25, 0.3) is 0 Å². The van der Waals surface area contributed by atoms with E-state index < -0.39 is 11.2 Å². The lowest BCUT2D eigenvalue weighted by Crippen LogP contribution is -2.53. The number of hydrogen-bond donors (Lipinski definition) is 2. The van der Waals surface area contributed by atoms with Gasteiger partial charge in [-0.15, -0.1) is 0 Å². The molecule has 0 aliphatic heterocycles. The van der Waals surface area contributed by atoms with Crippen molar-refractivity contribution in [1.29, 1.82) is 0 Å². The molecule has 132 valence electrons. The quantitative estimate of drug-likeness (QED) is 0.704. The van der Waals surface area contributed by atoms with Gasteiger partial charge in [0.25, 0.3) is 0 Å². The number of ketones is 1. The first-order valence-corrected chi connectivity index (χ1v) is 9.72. The van der Waals surface area contributed by atoms with E-state index >= 15 is 0 Å². The van der Waals surface area contributed by atoms with Gasteiger partial charge < -0.3 is 10.2 Å². The third kappa shape index (κ3) is 1.82. The maximum atomic E-state index is 12.9. The normalized spacial score (nSPS) is 47.8. The minimum absolute atomic E-state index is 0.238. The Hall–Kier alpha value is -1.25. The van der Waals surface area contributed by atoms with E-state index in [-0.39, 0.29) is 11.5 Å². The van der Waals surface area contributed by atoms with Gasteiger partial charge in [0.15, 0.2) is 5.76 Å². The van der Waals surface area contributed by atoms with Gasteiger partial charge in [-0.3, -0.25) is 4.79 Å². The van der Waals surface area contributed by atoms with E-state index in [1.54, 1.807) is 6.08 Å². The SMILES string of the molecule is CC[C@H]1CC[C@H]2[C@@H]3CCC4=CC(O)=C(O)C(=O)[C@]4(C)[C@H]3CC[C@]12C. The fourth-order valence-electron chi connectivity index (χ4n) is 7.14. The molecule has 0 aromatic carbocycles. The summed E-state index contributed by atoms with van der Waals surface area (Å²) in [5.74, 6) is 1.53. The van der Waals surface area contributed by atoms with Crippen molar-refractivity contribution in [2.75, 3.05) is 0 Å². The van der Waals surface area contributed by atoms with Gasteiger partial charge in [0.1, 0.15) is 0 Å². The van der Waals surface area contributed by atoms with Gasteiger partial charge in [-0.05, 0) is 80.6 Å². The number of rotatable bonds is 1. The molecule has 3 fully saturated rings. The van der Waals surface area contributed by atoms with E-state index in [0.717, 1.165) is 30.8 Å². The van der Waals surface area contributed by atoms with Gasteiger partial charge in [0.2, 0.25) is 11.5 Å². The molecule has 0 unspecified atom stereocenters. The molecule has 3 heteroatoms. The number of carbonyl (C=O) groups is 1. The largest absolute Gasteiger partial charge is 0.504 e. The molecule has 0 bridgehead atoms. The van der Waals surface area contributed by atoms with Gasteiger partial charge in [-0.25, -0.2) is 0 Å². The first-order chi connectivity index (χ1) is 11.3.